The zero-order valence-corrected chi connectivity index (χ0v) is 12.3. The molecule has 1 rings (SSSR count). The minimum Gasteiger partial charge on any atom is -0.383 e. The SMILES string of the molecule is COCCNCCCCS(=O)(=O)CC1CCCC1. The monoisotopic (exact) mass is 277 g/mol. The van der Waals surface area contributed by atoms with Crippen molar-refractivity contribution in [1.29, 1.82) is 0 Å². The van der Waals surface area contributed by atoms with Gasteiger partial charge in [-0.15, -0.1) is 0 Å². The average molecular weight is 277 g/mol. The fourth-order valence-corrected chi connectivity index (χ4v) is 4.35. The van der Waals surface area contributed by atoms with E-state index in [1.54, 1.807) is 7.11 Å². The summed E-state index contributed by atoms with van der Waals surface area (Å²) in [6, 6.07) is 0. The second-order valence-electron chi connectivity index (χ2n) is 5.21. The lowest BCUT2D eigenvalue weighted by molar-refractivity contribution is 0.199. The van der Waals surface area contributed by atoms with Gasteiger partial charge in [-0.3, -0.25) is 0 Å². The fourth-order valence-electron chi connectivity index (χ4n) is 2.49. The highest BCUT2D eigenvalue weighted by Crippen LogP contribution is 2.26. The number of hydrogen-bond donors (Lipinski definition) is 1. The van der Waals surface area contributed by atoms with Crippen LogP contribution in [0.2, 0.25) is 0 Å². The molecule has 0 aromatic rings. The molecule has 0 bridgehead atoms. The van der Waals surface area contributed by atoms with Crippen molar-refractivity contribution in [3.05, 3.63) is 0 Å². The molecule has 0 heterocycles. The maximum atomic E-state index is 11.9. The molecule has 1 aliphatic carbocycles. The molecule has 0 aromatic carbocycles. The van der Waals surface area contributed by atoms with Gasteiger partial charge in [-0.05, 0) is 38.1 Å². The van der Waals surface area contributed by atoms with E-state index < -0.39 is 9.84 Å². The van der Waals surface area contributed by atoms with Crippen molar-refractivity contribution < 1.29 is 13.2 Å². The summed E-state index contributed by atoms with van der Waals surface area (Å²) >= 11 is 0. The zero-order chi connectivity index (χ0) is 13.3. The summed E-state index contributed by atoms with van der Waals surface area (Å²) in [5, 5.41) is 3.23. The maximum Gasteiger partial charge on any atom is 0.150 e. The van der Waals surface area contributed by atoms with Crippen molar-refractivity contribution in [3.8, 4) is 0 Å². The summed E-state index contributed by atoms with van der Waals surface area (Å²) in [5.74, 6) is 1.22. The summed E-state index contributed by atoms with van der Waals surface area (Å²) in [4.78, 5) is 0. The number of rotatable bonds is 10. The van der Waals surface area contributed by atoms with Crippen LogP contribution in [0, 0.1) is 5.92 Å². The number of unbranched alkanes of at least 4 members (excludes halogenated alkanes) is 1. The Bertz CT molecular complexity index is 297. The van der Waals surface area contributed by atoms with E-state index in [-0.39, 0.29) is 0 Å². The molecule has 0 radical (unpaired) electrons. The van der Waals surface area contributed by atoms with Gasteiger partial charge in [0.1, 0.15) is 0 Å². The molecule has 108 valence electrons. The molecular weight excluding hydrogens is 250 g/mol. The van der Waals surface area contributed by atoms with Gasteiger partial charge in [-0.25, -0.2) is 8.42 Å². The Hall–Kier alpha value is -0.130. The second kappa shape index (κ2) is 8.88. The summed E-state index contributed by atoms with van der Waals surface area (Å²) in [5.41, 5.74) is 0. The van der Waals surface area contributed by atoms with Crippen molar-refractivity contribution in [2.45, 2.75) is 38.5 Å². The van der Waals surface area contributed by atoms with Crippen LogP contribution < -0.4 is 5.32 Å². The maximum absolute atomic E-state index is 11.9. The number of methoxy groups -OCH3 is 1. The molecule has 18 heavy (non-hydrogen) atoms. The molecule has 0 saturated heterocycles. The summed E-state index contributed by atoms with van der Waals surface area (Å²) in [6.45, 7) is 2.42. The van der Waals surface area contributed by atoms with Gasteiger partial charge in [0.25, 0.3) is 0 Å². The van der Waals surface area contributed by atoms with Crippen LogP contribution >= 0.6 is 0 Å². The van der Waals surface area contributed by atoms with Crippen LogP contribution in [0.1, 0.15) is 38.5 Å². The molecule has 5 heteroatoms. The van der Waals surface area contributed by atoms with E-state index in [1.807, 2.05) is 0 Å². The first kappa shape index (κ1) is 15.9. The van der Waals surface area contributed by atoms with E-state index in [0.29, 0.717) is 24.0 Å². The van der Waals surface area contributed by atoms with Gasteiger partial charge >= 0.3 is 0 Å². The van der Waals surface area contributed by atoms with Crippen LogP contribution in [0.4, 0.5) is 0 Å². The van der Waals surface area contributed by atoms with Crippen LogP contribution in [0.5, 0.6) is 0 Å². The van der Waals surface area contributed by atoms with Crippen LogP contribution in [0.25, 0.3) is 0 Å². The van der Waals surface area contributed by atoms with Gasteiger partial charge in [0.2, 0.25) is 0 Å². The summed E-state index contributed by atoms with van der Waals surface area (Å²) < 4.78 is 28.7. The van der Waals surface area contributed by atoms with Gasteiger partial charge in [-0.1, -0.05) is 12.8 Å². The lowest BCUT2D eigenvalue weighted by atomic mass is 10.1. The lowest BCUT2D eigenvalue weighted by Crippen LogP contribution is -2.22. The molecule has 0 spiro atoms. The summed E-state index contributed by atoms with van der Waals surface area (Å²) in [6.07, 6.45) is 6.34. The molecule has 0 unspecified atom stereocenters. The molecular formula is C13H27NO3S. The quantitative estimate of drug-likeness (QED) is 0.616. The van der Waals surface area contributed by atoms with Crippen LogP contribution in [-0.2, 0) is 14.6 Å². The third-order valence-electron chi connectivity index (χ3n) is 3.51. The highest BCUT2D eigenvalue weighted by molar-refractivity contribution is 7.91. The Morgan fingerprint density at radius 1 is 1.17 bits per heavy atom. The first-order chi connectivity index (χ1) is 8.64. The van der Waals surface area contributed by atoms with Crippen molar-refractivity contribution in [1.82, 2.24) is 5.32 Å². The molecule has 1 aliphatic rings. The van der Waals surface area contributed by atoms with Gasteiger partial charge in [-0.2, -0.15) is 0 Å². The van der Waals surface area contributed by atoms with E-state index in [0.717, 1.165) is 38.8 Å². The molecule has 4 nitrogen and oxygen atoms in total. The van der Waals surface area contributed by atoms with Crippen LogP contribution in [-0.4, -0.2) is 46.7 Å². The second-order valence-corrected chi connectivity index (χ2v) is 7.44. The molecule has 1 fully saturated rings. The molecule has 0 aromatic heterocycles. The van der Waals surface area contributed by atoms with E-state index >= 15 is 0 Å². The number of sulfone groups is 1. The van der Waals surface area contributed by atoms with E-state index in [9.17, 15) is 8.42 Å². The molecule has 0 aliphatic heterocycles. The van der Waals surface area contributed by atoms with Crippen molar-refractivity contribution in [2.24, 2.45) is 5.92 Å². The number of ether oxygens (including phenoxy) is 1. The van der Waals surface area contributed by atoms with Gasteiger partial charge in [0, 0.05) is 13.7 Å². The predicted molar refractivity (Wildman–Crippen MR) is 74.6 cm³/mol. The van der Waals surface area contributed by atoms with E-state index in [1.165, 1.54) is 12.8 Å². The Kier molecular flexibility index (Phi) is 7.86. The smallest absolute Gasteiger partial charge is 0.150 e. The molecule has 1 N–H and O–H groups in total. The Morgan fingerprint density at radius 2 is 1.89 bits per heavy atom. The third kappa shape index (κ3) is 7.34. The first-order valence-electron chi connectivity index (χ1n) is 7.04. The van der Waals surface area contributed by atoms with Crippen molar-refractivity contribution >= 4 is 9.84 Å². The lowest BCUT2D eigenvalue weighted by Gasteiger charge is -2.10. The largest absolute Gasteiger partial charge is 0.383 e. The van der Waals surface area contributed by atoms with Gasteiger partial charge in [0.05, 0.1) is 18.1 Å². The minimum atomic E-state index is -2.81. The Morgan fingerprint density at radius 3 is 2.56 bits per heavy atom. The zero-order valence-electron chi connectivity index (χ0n) is 11.5. The normalized spacial score (nSPS) is 17.4. The number of hydrogen-bond acceptors (Lipinski definition) is 4. The Labute approximate surface area is 111 Å². The minimum absolute atomic E-state index is 0.357. The van der Waals surface area contributed by atoms with E-state index in [2.05, 4.69) is 5.32 Å². The van der Waals surface area contributed by atoms with Crippen molar-refractivity contribution in [2.75, 3.05) is 38.3 Å². The third-order valence-corrected chi connectivity index (χ3v) is 5.40. The van der Waals surface area contributed by atoms with Crippen LogP contribution in [0.15, 0.2) is 0 Å². The van der Waals surface area contributed by atoms with Gasteiger partial charge in [0.15, 0.2) is 9.84 Å². The molecule has 0 amide bonds. The topological polar surface area (TPSA) is 55.4 Å². The molecule has 1 saturated carbocycles. The first-order valence-corrected chi connectivity index (χ1v) is 8.86. The summed E-state index contributed by atoms with van der Waals surface area (Å²) in [7, 11) is -1.14. The standard InChI is InChI=1S/C13H27NO3S/c1-17-10-9-14-8-4-5-11-18(15,16)12-13-6-2-3-7-13/h13-14H,2-12H2,1H3. The van der Waals surface area contributed by atoms with Crippen LogP contribution in [0.3, 0.4) is 0 Å². The molecule has 0 atom stereocenters. The Balaban J connectivity index is 2.02. The van der Waals surface area contributed by atoms with Gasteiger partial charge < -0.3 is 10.1 Å². The van der Waals surface area contributed by atoms with E-state index in [4.69, 9.17) is 4.74 Å². The predicted octanol–water partition coefficient (Wildman–Crippen LogP) is 1.61. The highest BCUT2D eigenvalue weighted by Gasteiger charge is 2.21. The average Bonchev–Trinajstić information content (AvgIpc) is 2.80. The number of nitrogens with one attached hydrogen (secondary N) is 1. The van der Waals surface area contributed by atoms with Crippen molar-refractivity contribution in [3.63, 3.8) is 0 Å². The fraction of sp³-hybridized carbons (Fsp3) is 1.00. The highest BCUT2D eigenvalue weighted by atomic mass is 32.2.